The van der Waals surface area contributed by atoms with E-state index in [2.05, 4.69) is 201 Å². The Labute approximate surface area is 344 Å². The summed E-state index contributed by atoms with van der Waals surface area (Å²) in [5.74, 6) is 0. The van der Waals surface area contributed by atoms with Crippen LogP contribution in [0.5, 0.6) is 0 Å². The van der Waals surface area contributed by atoms with E-state index >= 15 is 0 Å². The third-order valence-corrected chi connectivity index (χ3v) is 13.4. The van der Waals surface area contributed by atoms with E-state index in [4.69, 9.17) is 0 Å². The Balaban J connectivity index is 1.31. The van der Waals surface area contributed by atoms with E-state index in [0.717, 1.165) is 6.42 Å². The number of hydrogen-bond acceptors (Lipinski definition) is 0. The molecular weight excluding hydrogens is 697 g/mol. The molecule has 0 nitrogen and oxygen atoms in total. The molecule has 0 aliphatic heterocycles. The second-order valence-corrected chi connectivity index (χ2v) is 17.5. The third-order valence-electron chi connectivity index (χ3n) is 13.4. The lowest BCUT2D eigenvalue weighted by Gasteiger charge is -2.40. The highest BCUT2D eigenvalue weighted by Gasteiger charge is 2.49. The topological polar surface area (TPSA) is 0 Å². The number of benzene rings is 8. The summed E-state index contributed by atoms with van der Waals surface area (Å²) in [6.45, 7) is 17.8. The van der Waals surface area contributed by atoms with Gasteiger partial charge in [-0.1, -0.05) is 150 Å². The number of hydrogen-bond donors (Lipinski definition) is 0. The van der Waals surface area contributed by atoms with Gasteiger partial charge < -0.3 is 0 Å². The van der Waals surface area contributed by atoms with Gasteiger partial charge in [0, 0.05) is 0 Å². The molecule has 2 aliphatic rings. The highest BCUT2D eigenvalue weighted by atomic mass is 14.5. The highest BCUT2D eigenvalue weighted by molar-refractivity contribution is 5.93. The molecule has 0 radical (unpaired) electrons. The first-order valence-electron chi connectivity index (χ1n) is 20.9. The van der Waals surface area contributed by atoms with Crippen molar-refractivity contribution in [3.05, 3.63) is 212 Å². The minimum absolute atomic E-state index is 0.428. The van der Waals surface area contributed by atoms with Crippen LogP contribution in [-0.4, -0.2) is 0 Å². The fourth-order valence-electron chi connectivity index (χ4n) is 10.3. The monoisotopic (exact) mass is 746 g/mol. The fraction of sp³-hybridized carbons (Fsp3) is 0.172. The maximum atomic E-state index is 2.56. The van der Waals surface area contributed by atoms with Gasteiger partial charge in [0.25, 0.3) is 0 Å². The van der Waals surface area contributed by atoms with E-state index < -0.39 is 5.41 Å². The van der Waals surface area contributed by atoms with Crippen LogP contribution in [0.1, 0.15) is 66.8 Å². The average Bonchev–Trinajstić information content (AvgIpc) is 3.49. The Morgan fingerprint density at radius 1 is 0.276 bits per heavy atom. The van der Waals surface area contributed by atoms with Gasteiger partial charge in [0.05, 0.1) is 5.41 Å². The van der Waals surface area contributed by atoms with E-state index in [-0.39, 0.29) is 0 Å². The van der Waals surface area contributed by atoms with Crippen LogP contribution < -0.4 is 0 Å². The van der Waals surface area contributed by atoms with E-state index in [1.54, 1.807) is 0 Å². The Kier molecular flexibility index (Phi) is 8.36. The lowest BCUT2D eigenvalue weighted by molar-refractivity contribution is 0.623. The molecular formula is C58H50. The van der Waals surface area contributed by atoms with Gasteiger partial charge in [0.2, 0.25) is 0 Å². The van der Waals surface area contributed by atoms with Gasteiger partial charge >= 0.3 is 0 Å². The lowest BCUT2D eigenvalue weighted by atomic mass is 9.62. The van der Waals surface area contributed by atoms with Gasteiger partial charge in [-0.25, -0.2) is 0 Å². The molecule has 0 N–H and O–H groups in total. The SMILES string of the molecule is Cc1ccc(C)c(-c2ccc3c(c2)CC2(c4cc(-c5cc(C)ccc5C)ccc4-3)c3cc(-c4cc(C)ccc4C)ccc3-c3ccc(-c4cc(C)ccc4C)cc32)c1. The Morgan fingerprint density at radius 3 is 0.914 bits per heavy atom. The molecule has 0 saturated carbocycles. The smallest absolute Gasteiger partial charge is 0.0510 e. The van der Waals surface area contributed by atoms with Gasteiger partial charge in [-0.2, -0.15) is 0 Å². The summed E-state index contributed by atoms with van der Waals surface area (Å²) in [5, 5.41) is 0. The molecule has 0 amide bonds. The molecule has 1 spiro atoms. The molecule has 0 unspecified atom stereocenters. The zero-order valence-electron chi connectivity index (χ0n) is 35.1. The summed E-state index contributed by atoms with van der Waals surface area (Å²) < 4.78 is 0. The second kappa shape index (κ2) is 13.4. The average molecular weight is 747 g/mol. The zero-order valence-corrected chi connectivity index (χ0v) is 35.1. The molecule has 8 aromatic rings. The number of fused-ring (bicyclic) bond motifs is 9. The van der Waals surface area contributed by atoms with Crippen LogP contribution in [0.2, 0.25) is 0 Å². The van der Waals surface area contributed by atoms with Crippen molar-refractivity contribution in [3.63, 3.8) is 0 Å². The Morgan fingerprint density at radius 2 is 0.569 bits per heavy atom. The summed E-state index contributed by atoms with van der Waals surface area (Å²) in [6.07, 6.45) is 0.872. The van der Waals surface area contributed by atoms with Gasteiger partial charge in [-0.3, -0.25) is 0 Å². The molecule has 0 bridgehead atoms. The summed E-state index contributed by atoms with van der Waals surface area (Å²) in [4.78, 5) is 0. The van der Waals surface area contributed by atoms with Gasteiger partial charge in [0.15, 0.2) is 0 Å². The summed E-state index contributed by atoms with van der Waals surface area (Å²) in [7, 11) is 0. The molecule has 2 aliphatic carbocycles. The van der Waals surface area contributed by atoms with E-state index in [9.17, 15) is 0 Å². The predicted molar refractivity (Wildman–Crippen MR) is 247 cm³/mol. The molecule has 0 atom stereocenters. The quantitative estimate of drug-likeness (QED) is 0.168. The van der Waals surface area contributed by atoms with E-state index in [1.807, 2.05) is 0 Å². The molecule has 0 aromatic heterocycles. The molecule has 10 rings (SSSR count). The van der Waals surface area contributed by atoms with Crippen LogP contribution in [0.15, 0.2) is 146 Å². The second-order valence-electron chi connectivity index (χ2n) is 17.5. The van der Waals surface area contributed by atoms with Crippen LogP contribution in [-0.2, 0) is 11.8 Å². The van der Waals surface area contributed by atoms with Crippen molar-refractivity contribution in [2.45, 2.75) is 67.2 Å². The van der Waals surface area contributed by atoms with E-state index in [1.165, 1.54) is 134 Å². The van der Waals surface area contributed by atoms with E-state index in [0.29, 0.717) is 0 Å². The van der Waals surface area contributed by atoms with Crippen molar-refractivity contribution in [1.82, 2.24) is 0 Å². The van der Waals surface area contributed by atoms with Crippen LogP contribution in [0.25, 0.3) is 66.8 Å². The molecule has 0 fully saturated rings. The standard InChI is InChI=1S/C58H50/c1-34-9-13-38(5)51(25-34)42-17-21-47-46(29-42)33-58(55-30-43(18-22-48(47)55)52-26-35(2)10-14-39(52)6)56-31-44(53-27-36(3)11-15-40(53)7)19-23-49(56)50-24-20-45(32-57(50)58)54-28-37(4)12-16-41(54)8/h9-32H,33H2,1-8H3. The third kappa shape index (κ3) is 5.65. The van der Waals surface area contributed by atoms with Crippen molar-refractivity contribution in [2.24, 2.45) is 0 Å². The minimum atomic E-state index is -0.428. The van der Waals surface area contributed by atoms with Crippen molar-refractivity contribution in [2.75, 3.05) is 0 Å². The molecule has 0 heteroatoms. The fourth-order valence-corrected chi connectivity index (χ4v) is 10.3. The first kappa shape index (κ1) is 36.1. The molecule has 282 valence electrons. The maximum absolute atomic E-state index is 2.56. The Bertz CT molecular complexity index is 2900. The number of aryl methyl sites for hydroxylation is 8. The summed E-state index contributed by atoms with van der Waals surface area (Å²) in [6, 6.07) is 56.8. The predicted octanol–water partition coefficient (Wildman–Crippen LogP) is 15.4. The van der Waals surface area contributed by atoms with Gasteiger partial charge in [0.1, 0.15) is 0 Å². The van der Waals surface area contributed by atoms with Crippen molar-refractivity contribution in [3.8, 4) is 66.8 Å². The van der Waals surface area contributed by atoms with Gasteiger partial charge in [-0.05, 0) is 191 Å². The first-order valence-corrected chi connectivity index (χ1v) is 20.9. The van der Waals surface area contributed by atoms with Crippen LogP contribution in [0.3, 0.4) is 0 Å². The van der Waals surface area contributed by atoms with Gasteiger partial charge in [-0.15, -0.1) is 0 Å². The van der Waals surface area contributed by atoms with Crippen LogP contribution in [0.4, 0.5) is 0 Å². The Hall–Kier alpha value is -6.24. The number of rotatable bonds is 4. The zero-order chi connectivity index (χ0) is 40.0. The van der Waals surface area contributed by atoms with Crippen molar-refractivity contribution >= 4 is 0 Å². The molecule has 0 heterocycles. The molecule has 8 aromatic carbocycles. The van der Waals surface area contributed by atoms with Crippen molar-refractivity contribution < 1.29 is 0 Å². The normalized spacial score (nSPS) is 13.2. The highest BCUT2D eigenvalue weighted by Crippen LogP contribution is 2.60. The summed E-state index contributed by atoms with van der Waals surface area (Å²) >= 11 is 0. The molecule has 58 heavy (non-hydrogen) atoms. The lowest BCUT2D eigenvalue weighted by Crippen LogP contribution is -2.33. The largest absolute Gasteiger partial charge is 0.0590 e. The van der Waals surface area contributed by atoms with Crippen molar-refractivity contribution in [1.29, 1.82) is 0 Å². The minimum Gasteiger partial charge on any atom is -0.0590 e. The van der Waals surface area contributed by atoms with Crippen LogP contribution in [0, 0.1) is 55.4 Å². The summed E-state index contributed by atoms with van der Waals surface area (Å²) in [5.41, 5.74) is 31.3. The maximum Gasteiger partial charge on any atom is 0.0510 e. The molecule has 0 saturated heterocycles. The van der Waals surface area contributed by atoms with Crippen LogP contribution >= 0.6 is 0 Å². The first-order chi connectivity index (χ1) is 28.0.